The number of alkyl halides is 3. The summed E-state index contributed by atoms with van der Waals surface area (Å²) in [6, 6.07) is 3.98. The summed E-state index contributed by atoms with van der Waals surface area (Å²) in [5.74, 6) is 0. The highest BCUT2D eigenvalue weighted by atomic mass is 19.4. The van der Waals surface area contributed by atoms with Crippen molar-refractivity contribution in [3.8, 4) is 0 Å². The van der Waals surface area contributed by atoms with Gasteiger partial charge in [-0.1, -0.05) is 12.1 Å². The second kappa shape index (κ2) is 7.84. The van der Waals surface area contributed by atoms with E-state index in [1.807, 2.05) is 0 Å². The van der Waals surface area contributed by atoms with Crippen molar-refractivity contribution in [1.29, 1.82) is 0 Å². The summed E-state index contributed by atoms with van der Waals surface area (Å²) in [5.41, 5.74) is -0.200. The number of hydrogen-bond donors (Lipinski definition) is 3. The van der Waals surface area contributed by atoms with Gasteiger partial charge in [-0.3, -0.25) is 0 Å². The highest BCUT2D eigenvalue weighted by molar-refractivity contribution is 5.73. The summed E-state index contributed by atoms with van der Waals surface area (Å²) in [7, 11) is 1.42. The van der Waals surface area contributed by atoms with Crippen molar-refractivity contribution in [1.82, 2.24) is 10.6 Å². The lowest BCUT2D eigenvalue weighted by Gasteiger charge is -2.12. The van der Waals surface area contributed by atoms with Gasteiger partial charge in [-0.25, -0.2) is 4.79 Å². The monoisotopic (exact) mass is 306 g/mol. The molecule has 0 aliphatic heterocycles. The van der Waals surface area contributed by atoms with Crippen molar-refractivity contribution in [2.24, 2.45) is 0 Å². The summed E-state index contributed by atoms with van der Waals surface area (Å²) in [6.45, 7) is 0.205. The number of carbonyl (C=O) groups excluding carboxylic acids is 1. The molecule has 1 aromatic carbocycles. The molecule has 0 aromatic heterocycles. The number of halogens is 3. The van der Waals surface area contributed by atoms with Gasteiger partial charge in [0.2, 0.25) is 0 Å². The number of methoxy groups -OCH3 is 1. The zero-order chi connectivity index (χ0) is 15.9. The van der Waals surface area contributed by atoms with E-state index in [0.717, 1.165) is 12.1 Å². The lowest BCUT2D eigenvalue weighted by atomic mass is 10.1. The highest BCUT2D eigenvalue weighted by Crippen LogP contribution is 2.28. The number of aliphatic hydroxyl groups is 1. The Morgan fingerprint density at radius 2 is 1.90 bits per heavy atom. The molecule has 0 bridgehead atoms. The van der Waals surface area contributed by atoms with Crippen molar-refractivity contribution in [2.75, 3.05) is 20.3 Å². The van der Waals surface area contributed by atoms with Crippen molar-refractivity contribution in [2.45, 2.75) is 18.8 Å². The van der Waals surface area contributed by atoms with Gasteiger partial charge in [0.25, 0.3) is 0 Å². The van der Waals surface area contributed by atoms with Crippen molar-refractivity contribution in [3.05, 3.63) is 35.4 Å². The molecule has 1 rings (SSSR count). The molecule has 0 saturated carbocycles. The molecule has 0 fully saturated rings. The SMILES string of the molecule is COCC(O)CNC(=O)NCc1ccc(C(F)(F)F)cc1. The van der Waals surface area contributed by atoms with Crippen LogP contribution in [0, 0.1) is 0 Å². The predicted octanol–water partition coefficient (Wildman–Crippen LogP) is 1.51. The number of aliphatic hydroxyl groups excluding tert-OH is 1. The molecule has 0 radical (unpaired) electrons. The van der Waals surface area contributed by atoms with E-state index in [9.17, 15) is 23.1 Å². The molecule has 0 aliphatic carbocycles. The molecule has 0 heterocycles. The maximum atomic E-state index is 12.4. The summed E-state index contributed by atoms with van der Waals surface area (Å²) < 4.78 is 41.8. The van der Waals surface area contributed by atoms with E-state index < -0.39 is 23.9 Å². The number of nitrogens with one attached hydrogen (secondary N) is 2. The van der Waals surface area contributed by atoms with Crippen molar-refractivity contribution >= 4 is 6.03 Å². The average molecular weight is 306 g/mol. The fraction of sp³-hybridized carbons (Fsp3) is 0.462. The molecule has 5 nitrogen and oxygen atoms in total. The van der Waals surface area contributed by atoms with Gasteiger partial charge in [0.15, 0.2) is 0 Å². The minimum Gasteiger partial charge on any atom is -0.389 e. The van der Waals surface area contributed by atoms with Gasteiger partial charge in [0, 0.05) is 20.2 Å². The van der Waals surface area contributed by atoms with Gasteiger partial charge in [-0.15, -0.1) is 0 Å². The van der Waals surface area contributed by atoms with Crippen LogP contribution in [0.5, 0.6) is 0 Å². The molecule has 118 valence electrons. The second-order valence-electron chi connectivity index (χ2n) is 4.37. The molecule has 0 spiro atoms. The molecule has 0 aliphatic rings. The zero-order valence-corrected chi connectivity index (χ0v) is 11.4. The van der Waals surface area contributed by atoms with Gasteiger partial charge in [0.05, 0.1) is 18.3 Å². The minimum atomic E-state index is -4.37. The van der Waals surface area contributed by atoms with Gasteiger partial charge in [-0.2, -0.15) is 13.2 Å². The van der Waals surface area contributed by atoms with E-state index in [0.29, 0.717) is 5.56 Å². The average Bonchev–Trinajstić information content (AvgIpc) is 2.43. The topological polar surface area (TPSA) is 70.6 Å². The number of benzene rings is 1. The summed E-state index contributed by atoms with van der Waals surface area (Å²) in [5, 5.41) is 14.2. The quantitative estimate of drug-likeness (QED) is 0.746. The molecule has 1 atom stereocenters. The predicted molar refractivity (Wildman–Crippen MR) is 69.6 cm³/mol. The van der Waals surface area contributed by atoms with E-state index in [2.05, 4.69) is 10.6 Å². The number of urea groups is 1. The maximum Gasteiger partial charge on any atom is 0.416 e. The van der Waals surface area contributed by atoms with E-state index in [-0.39, 0.29) is 19.7 Å². The number of hydrogen-bond acceptors (Lipinski definition) is 3. The Morgan fingerprint density at radius 1 is 1.29 bits per heavy atom. The van der Waals surface area contributed by atoms with Crippen LogP contribution in [0.4, 0.5) is 18.0 Å². The van der Waals surface area contributed by atoms with Gasteiger partial charge in [-0.05, 0) is 17.7 Å². The minimum absolute atomic E-state index is 0.0205. The van der Waals surface area contributed by atoms with Crippen LogP contribution in [0.15, 0.2) is 24.3 Å². The van der Waals surface area contributed by atoms with Crippen LogP contribution in [0.3, 0.4) is 0 Å². The molecular weight excluding hydrogens is 289 g/mol. The number of ether oxygens (including phenoxy) is 1. The zero-order valence-electron chi connectivity index (χ0n) is 11.4. The Kier molecular flexibility index (Phi) is 6.44. The molecule has 1 aromatic rings. The Morgan fingerprint density at radius 3 is 2.43 bits per heavy atom. The Balaban J connectivity index is 2.36. The highest BCUT2D eigenvalue weighted by Gasteiger charge is 2.29. The molecule has 21 heavy (non-hydrogen) atoms. The Labute approximate surface area is 120 Å². The third-order valence-electron chi connectivity index (χ3n) is 2.59. The third-order valence-corrected chi connectivity index (χ3v) is 2.59. The standard InChI is InChI=1S/C13H17F3N2O3/c1-21-8-11(19)7-18-12(20)17-6-9-2-4-10(5-3-9)13(14,15)16/h2-5,11,19H,6-8H2,1H3,(H2,17,18,20). The molecule has 0 saturated heterocycles. The molecule has 3 N–H and O–H groups in total. The van der Waals surface area contributed by atoms with Gasteiger partial charge >= 0.3 is 12.2 Å². The van der Waals surface area contributed by atoms with E-state index in [1.165, 1.54) is 19.2 Å². The first-order chi connectivity index (χ1) is 9.82. The maximum absolute atomic E-state index is 12.4. The first-order valence-corrected chi connectivity index (χ1v) is 6.17. The van der Waals surface area contributed by atoms with Crippen LogP contribution in [0.25, 0.3) is 0 Å². The van der Waals surface area contributed by atoms with Gasteiger partial charge < -0.3 is 20.5 Å². The van der Waals surface area contributed by atoms with E-state index in [4.69, 9.17) is 4.74 Å². The van der Waals surface area contributed by atoms with Crippen LogP contribution < -0.4 is 10.6 Å². The lowest BCUT2D eigenvalue weighted by molar-refractivity contribution is -0.137. The smallest absolute Gasteiger partial charge is 0.389 e. The lowest BCUT2D eigenvalue weighted by Crippen LogP contribution is -2.40. The third kappa shape index (κ3) is 6.46. The van der Waals surface area contributed by atoms with Crippen molar-refractivity contribution in [3.63, 3.8) is 0 Å². The van der Waals surface area contributed by atoms with E-state index in [1.54, 1.807) is 0 Å². The fourth-order valence-electron chi connectivity index (χ4n) is 1.52. The normalized spacial score (nSPS) is 12.8. The Bertz CT molecular complexity index is 449. The summed E-state index contributed by atoms with van der Waals surface area (Å²) in [6.07, 6.45) is -5.19. The number of carbonyl (C=O) groups is 1. The number of amides is 2. The Hall–Kier alpha value is -1.80. The number of rotatable bonds is 6. The molecular formula is C13H17F3N2O3. The van der Waals surface area contributed by atoms with Gasteiger partial charge in [0.1, 0.15) is 0 Å². The molecule has 2 amide bonds. The fourth-order valence-corrected chi connectivity index (χ4v) is 1.52. The largest absolute Gasteiger partial charge is 0.416 e. The van der Waals surface area contributed by atoms with Crippen LogP contribution in [-0.4, -0.2) is 37.5 Å². The second-order valence-corrected chi connectivity index (χ2v) is 4.37. The molecule has 1 unspecified atom stereocenters. The first-order valence-electron chi connectivity index (χ1n) is 6.17. The van der Waals surface area contributed by atoms with Crippen LogP contribution in [-0.2, 0) is 17.5 Å². The summed E-state index contributed by atoms with van der Waals surface area (Å²) in [4.78, 5) is 11.4. The summed E-state index contributed by atoms with van der Waals surface area (Å²) >= 11 is 0. The van der Waals surface area contributed by atoms with Crippen LogP contribution in [0.2, 0.25) is 0 Å². The first kappa shape index (κ1) is 17.3. The van der Waals surface area contributed by atoms with Crippen LogP contribution >= 0.6 is 0 Å². The van der Waals surface area contributed by atoms with E-state index >= 15 is 0 Å². The molecule has 8 heteroatoms. The van der Waals surface area contributed by atoms with Crippen LogP contribution in [0.1, 0.15) is 11.1 Å². The van der Waals surface area contributed by atoms with Crippen molar-refractivity contribution < 1.29 is 27.8 Å².